The normalized spacial score (nSPS) is 14.2. The van der Waals surface area contributed by atoms with Crippen molar-refractivity contribution in [2.24, 2.45) is 0 Å². The van der Waals surface area contributed by atoms with E-state index in [-0.39, 0.29) is 0 Å². The minimum atomic E-state index is 0.421. The highest BCUT2D eigenvalue weighted by Gasteiger charge is 2.19. The van der Waals surface area contributed by atoms with E-state index in [0.29, 0.717) is 36.3 Å². The van der Waals surface area contributed by atoms with E-state index in [0.717, 1.165) is 29.2 Å². The van der Waals surface area contributed by atoms with Gasteiger partial charge in [0.2, 0.25) is 0 Å². The van der Waals surface area contributed by atoms with E-state index in [2.05, 4.69) is 4.90 Å². The Morgan fingerprint density at radius 2 is 1.92 bits per heavy atom. The summed E-state index contributed by atoms with van der Waals surface area (Å²) in [5.74, 6) is 1.11. The lowest BCUT2D eigenvalue weighted by atomic mass is 10.1. The number of benzene rings is 2. The first kappa shape index (κ1) is 18.0. The molecule has 0 unspecified atom stereocenters. The van der Waals surface area contributed by atoms with Crippen LogP contribution in [-0.2, 0) is 11.3 Å². The molecular formula is C19H20ClNO3S. The SMILES string of the molecule is COc1cc(C(=S)N2CCOCC2)cc(Cl)c1OCc1ccccc1. The van der Waals surface area contributed by atoms with Gasteiger partial charge in [-0.15, -0.1) is 0 Å². The minimum absolute atomic E-state index is 0.421. The maximum Gasteiger partial charge on any atom is 0.180 e. The van der Waals surface area contributed by atoms with Crippen molar-refractivity contribution in [1.82, 2.24) is 4.90 Å². The zero-order valence-electron chi connectivity index (χ0n) is 14.0. The molecule has 0 atom stereocenters. The van der Waals surface area contributed by atoms with Crippen molar-refractivity contribution in [2.45, 2.75) is 6.61 Å². The molecule has 0 N–H and O–H groups in total. The number of morpholine rings is 1. The minimum Gasteiger partial charge on any atom is -0.493 e. The smallest absolute Gasteiger partial charge is 0.180 e. The van der Waals surface area contributed by atoms with Crippen LogP contribution in [0.15, 0.2) is 42.5 Å². The van der Waals surface area contributed by atoms with Crippen molar-refractivity contribution >= 4 is 28.8 Å². The van der Waals surface area contributed by atoms with Crippen LogP contribution in [0.3, 0.4) is 0 Å². The topological polar surface area (TPSA) is 30.9 Å². The number of rotatable bonds is 5. The predicted octanol–water partition coefficient (Wildman–Crippen LogP) is 3.94. The number of nitrogens with zero attached hydrogens (tertiary/aromatic N) is 1. The van der Waals surface area contributed by atoms with Crippen LogP contribution in [0, 0.1) is 0 Å². The van der Waals surface area contributed by atoms with Gasteiger partial charge >= 0.3 is 0 Å². The van der Waals surface area contributed by atoms with Crippen LogP contribution in [0.5, 0.6) is 11.5 Å². The lowest BCUT2D eigenvalue weighted by molar-refractivity contribution is 0.0693. The van der Waals surface area contributed by atoms with Gasteiger partial charge in [-0.25, -0.2) is 0 Å². The molecule has 0 amide bonds. The Morgan fingerprint density at radius 3 is 2.60 bits per heavy atom. The lowest BCUT2D eigenvalue weighted by Gasteiger charge is -2.29. The molecule has 1 saturated heterocycles. The molecule has 0 radical (unpaired) electrons. The fourth-order valence-corrected chi connectivity index (χ4v) is 3.23. The van der Waals surface area contributed by atoms with Gasteiger partial charge in [-0.05, 0) is 17.7 Å². The van der Waals surface area contributed by atoms with E-state index in [1.165, 1.54) is 0 Å². The van der Waals surface area contributed by atoms with Crippen LogP contribution in [0.4, 0.5) is 0 Å². The summed E-state index contributed by atoms with van der Waals surface area (Å²) >= 11 is 12.1. The molecule has 0 bridgehead atoms. The van der Waals surface area contributed by atoms with Crippen molar-refractivity contribution in [3.05, 3.63) is 58.6 Å². The molecule has 0 saturated carbocycles. The van der Waals surface area contributed by atoms with Crippen molar-refractivity contribution < 1.29 is 14.2 Å². The first-order valence-corrected chi connectivity index (χ1v) is 8.89. The number of methoxy groups -OCH3 is 1. The van der Waals surface area contributed by atoms with E-state index < -0.39 is 0 Å². The summed E-state index contributed by atoms with van der Waals surface area (Å²) in [6.45, 7) is 3.35. The Morgan fingerprint density at radius 1 is 1.20 bits per heavy atom. The average Bonchev–Trinajstić information content (AvgIpc) is 2.67. The molecular weight excluding hydrogens is 358 g/mol. The van der Waals surface area contributed by atoms with E-state index in [4.69, 9.17) is 38.0 Å². The van der Waals surface area contributed by atoms with Gasteiger partial charge in [0.15, 0.2) is 11.5 Å². The third kappa shape index (κ3) is 4.42. The van der Waals surface area contributed by atoms with E-state index in [9.17, 15) is 0 Å². The molecule has 3 rings (SSSR count). The van der Waals surface area contributed by atoms with Gasteiger partial charge in [0, 0.05) is 18.7 Å². The Kier molecular flexibility index (Phi) is 6.13. The third-order valence-electron chi connectivity index (χ3n) is 4.00. The van der Waals surface area contributed by atoms with Gasteiger partial charge in [0.25, 0.3) is 0 Å². The Hall–Kier alpha value is -1.82. The summed E-state index contributed by atoms with van der Waals surface area (Å²) in [5.41, 5.74) is 1.92. The van der Waals surface area contributed by atoms with Gasteiger partial charge in [0.1, 0.15) is 11.6 Å². The highest BCUT2D eigenvalue weighted by molar-refractivity contribution is 7.80. The third-order valence-corrected chi connectivity index (χ3v) is 4.78. The molecule has 6 heteroatoms. The Labute approximate surface area is 158 Å². The fourth-order valence-electron chi connectivity index (χ4n) is 2.66. The molecule has 0 aliphatic carbocycles. The number of hydrogen-bond acceptors (Lipinski definition) is 4. The molecule has 25 heavy (non-hydrogen) atoms. The second-order valence-electron chi connectivity index (χ2n) is 5.67. The second-order valence-corrected chi connectivity index (χ2v) is 6.46. The standard InChI is InChI=1S/C19H20ClNO3S/c1-22-17-12-15(19(25)21-7-9-23-10-8-21)11-16(20)18(17)24-13-14-5-3-2-4-6-14/h2-6,11-12H,7-10,13H2,1H3. The fraction of sp³-hybridized carbons (Fsp3) is 0.316. The molecule has 132 valence electrons. The first-order chi connectivity index (χ1) is 12.2. The van der Waals surface area contributed by atoms with Gasteiger partial charge in [0.05, 0.1) is 25.3 Å². The number of hydrogen-bond donors (Lipinski definition) is 0. The van der Waals surface area contributed by atoms with Crippen LogP contribution in [-0.4, -0.2) is 43.3 Å². The molecule has 2 aromatic carbocycles. The maximum atomic E-state index is 6.45. The molecule has 4 nitrogen and oxygen atoms in total. The molecule has 1 fully saturated rings. The van der Waals surface area contributed by atoms with E-state index in [1.807, 2.05) is 42.5 Å². The van der Waals surface area contributed by atoms with Crippen LogP contribution >= 0.6 is 23.8 Å². The summed E-state index contributed by atoms with van der Waals surface area (Å²) in [4.78, 5) is 2.87. The summed E-state index contributed by atoms with van der Waals surface area (Å²) in [6, 6.07) is 13.6. The van der Waals surface area contributed by atoms with Gasteiger partial charge in [-0.3, -0.25) is 0 Å². The van der Waals surface area contributed by atoms with Crippen molar-refractivity contribution in [1.29, 1.82) is 0 Å². The highest BCUT2D eigenvalue weighted by Crippen LogP contribution is 2.37. The van der Waals surface area contributed by atoms with Gasteiger partial charge in [-0.2, -0.15) is 0 Å². The highest BCUT2D eigenvalue weighted by atomic mass is 35.5. The largest absolute Gasteiger partial charge is 0.493 e. The number of ether oxygens (including phenoxy) is 3. The van der Waals surface area contributed by atoms with Crippen LogP contribution < -0.4 is 9.47 Å². The molecule has 1 aliphatic heterocycles. The molecule has 2 aromatic rings. The summed E-state index contributed by atoms with van der Waals surface area (Å²) in [7, 11) is 1.60. The number of halogens is 1. The zero-order chi connectivity index (χ0) is 17.6. The van der Waals surface area contributed by atoms with Crippen LogP contribution in [0.1, 0.15) is 11.1 Å². The van der Waals surface area contributed by atoms with Crippen molar-refractivity contribution in [3.8, 4) is 11.5 Å². The van der Waals surface area contributed by atoms with Crippen LogP contribution in [0.2, 0.25) is 5.02 Å². The first-order valence-electron chi connectivity index (χ1n) is 8.10. The summed E-state index contributed by atoms with van der Waals surface area (Å²) in [6.07, 6.45) is 0. The Bertz CT molecular complexity index is 733. The van der Waals surface area contributed by atoms with Crippen molar-refractivity contribution in [2.75, 3.05) is 33.4 Å². The molecule has 0 aromatic heterocycles. The predicted molar refractivity (Wildman–Crippen MR) is 103 cm³/mol. The Balaban J connectivity index is 1.79. The van der Waals surface area contributed by atoms with Gasteiger partial charge < -0.3 is 19.1 Å². The van der Waals surface area contributed by atoms with Crippen molar-refractivity contribution in [3.63, 3.8) is 0 Å². The summed E-state index contributed by atoms with van der Waals surface area (Å²) in [5, 5.41) is 0.487. The summed E-state index contributed by atoms with van der Waals surface area (Å²) < 4.78 is 16.7. The van der Waals surface area contributed by atoms with E-state index in [1.54, 1.807) is 7.11 Å². The average molecular weight is 378 g/mol. The molecule has 1 aliphatic rings. The van der Waals surface area contributed by atoms with E-state index >= 15 is 0 Å². The quantitative estimate of drug-likeness (QED) is 0.737. The number of thiocarbonyl (C=S) groups is 1. The monoisotopic (exact) mass is 377 g/mol. The van der Waals surface area contributed by atoms with Crippen LogP contribution in [0.25, 0.3) is 0 Å². The van der Waals surface area contributed by atoms with Gasteiger partial charge in [-0.1, -0.05) is 54.2 Å². The zero-order valence-corrected chi connectivity index (χ0v) is 15.6. The lowest BCUT2D eigenvalue weighted by Crippen LogP contribution is -2.40. The second kappa shape index (κ2) is 8.52. The maximum absolute atomic E-state index is 6.45. The molecule has 1 heterocycles. The molecule has 0 spiro atoms.